The van der Waals surface area contributed by atoms with E-state index in [0.717, 1.165) is 23.4 Å². The van der Waals surface area contributed by atoms with Gasteiger partial charge in [0.05, 0.1) is 30.6 Å². The minimum Gasteiger partial charge on any atom is -0.379 e. The van der Waals surface area contributed by atoms with Gasteiger partial charge in [-0.25, -0.2) is 14.4 Å². The van der Waals surface area contributed by atoms with Crippen LogP contribution in [0.1, 0.15) is 35.7 Å². The smallest absolute Gasteiger partial charge is 0.257 e. The average molecular weight is 494 g/mol. The number of hydrogen-bond acceptors (Lipinski definition) is 7. The monoisotopic (exact) mass is 493 g/mol. The molecule has 36 heavy (non-hydrogen) atoms. The van der Waals surface area contributed by atoms with Crippen molar-refractivity contribution in [3.8, 4) is 22.6 Å². The van der Waals surface area contributed by atoms with Crippen molar-refractivity contribution in [3.05, 3.63) is 42.4 Å². The maximum atomic E-state index is 13.7. The number of halogens is 1. The Morgan fingerprint density at radius 2 is 2.14 bits per heavy atom. The lowest BCUT2D eigenvalue weighted by atomic mass is 9.90. The van der Waals surface area contributed by atoms with Crippen molar-refractivity contribution in [2.24, 2.45) is 0 Å². The summed E-state index contributed by atoms with van der Waals surface area (Å²) < 4.78 is 28.8. The molecule has 5 heterocycles. The zero-order valence-electron chi connectivity index (χ0n) is 20.1. The molecule has 0 aromatic carbocycles. The molecule has 0 spiro atoms. The van der Waals surface area contributed by atoms with Crippen LogP contribution in [-0.4, -0.2) is 75.7 Å². The molecule has 3 aliphatic heterocycles. The molecular formula is C25H28FN7O3. The molecule has 0 radical (unpaired) electrons. The van der Waals surface area contributed by atoms with Gasteiger partial charge in [-0.1, -0.05) is 0 Å². The van der Waals surface area contributed by atoms with Gasteiger partial charge in [-0.2, -0.15) is 9.61 Å². The third-order valence-electron chi connectivity index (χ3n) is 7.29. The summed E-state index contributed by atoms with van der Waals surface area (Å²) in [5, 5.41) is 10.3. The number of rotatable bonds is 6. The molecule has 188 valence electrons. The molecule has 1 aliphatic carbocycles. The molecule has 2 fully saturated rings. The standard InChI is InChI=1S/C25H28FN7O3/c1-27-22-10-19(30-24-16(12-29-33(22)24)25(34)31-18-6-5-17(18)26)15-11-28-23-14(15)4-3-8-32(23)20-7-9-36-13-21(20)35-2/h3-4,8,10-12,17-18,20-21,27H,5-7,9,13H2,1-2H3,(H,31,34)/t17?,18?,20-,21-/m0/s1. The van der Waals surface area contributed by atoms with Crippen LogP contribution in [0.25, 0.3) is 28.3 Å². The molecule has 1 saturated heterocycles. The maximum absolute atomic E-state index is 13.7. The number of amides is 1. The Bertz CT molecular complexity index is 1390. The Morgan fingerprint density at radius 3 is 2.89 bits per heavy atom. The van der Waals surface area contributed by atoms with E-state index in [4.69, 9.17) is 19.4 Å². The molecular weight excluding hydrogens is 465 g/mol. The second kappa shape index (κ2) is 9.14. The fourth-order valence-electron chi connectivity index (χ4n) is 5.08. The first-order chi connectivity index (χ1) is 17.6. The molecule has 4 aliphatic rings. The van der Waals surface area contributed by atoms with Gasteiger partial charge in [0.1, 0.15) is 29.5 Å². The van der Waals surface area contributed by atoms with Crippen molar-refractivity contribution in [3.63, 3.8) is 0 Å². The second-order valence-electron chi connectivity index (χ2n) is 9.27. The van der Waals surface area contributed by atoms with Gasteiger partial charge in [0.15, 0.2) is 5.65 Å². The normalized spacial score (nSPS) is 24.1. The lowest BCUT2D eigenvalue weighted by molar-refractivity contribution is -0.0600. The van der Waals surface area contributed by atoms with Crippen LogP contribution in [0.3, 0.4) is 0 Å². The molecule has 11 heteroatoms. The number of ether oxygens (including phenoxy) is 2. The zero-order valence-corrected chi connectivity index (χ0v) is 20.1. The van der Waals surface area contributed by atoms with E-state index in [1.807, 2.05) is 24.4 Å². The molecule has 0 bridgehead atoms. The van der Waals surface area contributed by atoms with Crippen LogP contribution in [0.5, 0.6) is 0 Å². The van der Waals surface area contributed by atoms with Gasteiger partial charge in [-0.15, -0.1) is 0 Å². The largest absolute Gasteiger partial charge is 0.379 e. The number of nitrogens with zero attached hydrogens (tertiary/aromatic N) is 5. The topological polar surface area (TPSA) is 108 Å². The predicted octanol–water partition coefficient (Wildman–Crippen LogP) is 2.95. The number of aromatic nitrogens is 5. The first kappa shape index (κ1) is 22.9. The summed E-state index contributed by atoms with van der Waals surface area (Å²) in [5.74, 6) is 1.13. The van der Waals surface area contributed by atoms with E-state index in [9.17, 15) is 9.18 Å². The number of carbonyl (C=O) groups excluding carboxylic acids is 1. The third kappa shape index (κ3) is 3.70. The zero-order chi connectivity index (χ0) is 24.8. The van der Waals surface area contributed by atoms with Crippen LogP contribution in [0.2, 0.25) is 0 Å². The molecule has 6 rings (SSSR count). The number of anilines is 1. The fraction of sp³-hybridized carbons (Fsp3) is 0.440. The van der Waals surface area contributed by atoms with Crippen molar-refractivity contribution in [1.82, 2.24) is 29.5 Å². The van der Waals surface area contributed by atoms with Crippen LogP contribution in [0.15, 0.2) is 36.8 Å². The third-order valence-corrected chi connectivity index (χ3v) is 7.29. The molecule has 10 nitrogen and oxygen atoms in total. The minimum absolute atomic E-state index is 0.0627. The van der Waals surface area contributed by atoms with Crippen molar-refractivity contribution < 1.29 is 18.7 Å². The van der Waals surface area contributed by atoms with Crippen molar-refractivity contribution in [2.45, 2.75) is 43.6 Å². The second-order valence-corrected chi connectivity index (χ2v) is 9.27. The highest BCUT2D eigenvalue weighted by Gasteiger charge is 2.33. The number of nitrogens with one attached hydrogen (secondary N) is 2. The number of fused-ring (bicyclic) bond motifs is 2. The van der Waals surface area contributed by atoms with Crippen LogP contribution >= 0.6 is 0 Å². The number of pyridine rings is 1. The minimum atomic E-state index is -1.01. The summed E-state index contributed by atoms with van der Waals surface area (Å²) in [5.41, 5.74) is 3.14. The first-order valence-electron chi connectivity index (χ1n) is 12.2. The van der Waals surface area contributed by atoms with Crippen molar-refractivity contribution in [1.29, 1.82) is 0 Å². The summed E-state index contributed by atoms with van der Waals surface area (Å²) in [6.45, 7) is 1.21. The molecule has 1 amide bonds. The van der Waals surface area contributed by atoms with Crippen molar-refractivity contribution >= 4 is 17.4 Å². The number of methoxy groups -OCH3 is 1. The Morgan fingerprint density at radius 1 is 1.25 bits per heavy atom. The molecule has 2 aromatic rings. The van der Waals surface area contributed by atoms with Gasteiger partial charge in [-0.05, 0) is 31.4 Å². The first-order valence-corrected chi connectivity index (χ1v) is 12.2. The van der Waals surface area contributed by atoms with Gasteiger partial charge in [0, 0.05) is 50.4 Å². The van der Waals surface area contributed by atoms with Crippen LogP contribution in [-0.2, 0) is 9.47 Å². The quantitative estimate of drug-likeness (QED) is 0.425. The van der Waals surface area contributed by atoms with Crippen LogP contribution < -0.4 is 10.6 Å². The van der Waals surface area contributed by atoms with Gasteiger partial charge in [-0.3, -0.25) is 4.79 Å². The molecule has 2 unspecified atom stereocenters. The van der Waals surface area contributed by atoms with E-state index in [-0.39, 0.29) is 18.1 Å². The Hall–Kier alpha value is -3.57. The van der Waals surface area contributed by atoms with Gasteiger partial charge >= 0.3 is 0 Å². The summed E-state index contributed by atoms with van der Waals surface area (Å²) in [7, 11) is 3.49. The predicted molar refractivity (Wildman–Crippen MR) is 131 cm³/mol. The van der Waals surface area contributed by atoms with Crippen LogP contribution in [0.4, 0.5) is 10.2 Å². The lowest BCUT2D eigenvalue weighted by Crippen LogP contribution is -2.48. The highest BCUT2D eigenvalue weighted by molar-refractivity contribution is 6.00. The van der Waals surface area contributed by atoms with Gasteiger partial charge < -0.3 is 24.7 Å². The van der Waals surface area contributed by atoms with E-state index in [0.29, 0.717) is 48.8 Å². The van der Waals surface area contributed by atoms with Crippen LogP contribution in [0, 0.1) is 0 Å². The lowest BCUT2D eigenvalue weighted by Gasteiger charge is -2.33. The summed E-state index contributed by atoms with van der Waals surface area (Å²) in [4.78, 5) is 22.5. The summed E-state index contributed by atoms with van der Waals surface area (Å²) in [6.07, 6.45) is 6.17. The molecule has 2 N–H and O–H groups in total. The van der Waals surface area contributed by atoms with E-state index in [2.05, 4.69) is 20.3 Å². The highest BCUT2D eigenvalue weighted by Crippen LogP contribution is 2.37. The Labute approximate surface area is 207 Å². The van der Waals surface area contributed by atoms with Gasteiger partial charge in [0.2, 0.25) is 0 Å². The number of carbonyl (C=O) groups is 1. The Kier molecular flexibility index (Phi) is 5.81. The number of hydrogen-bond donors (Lipinski definition) is 2. The van der Waals surface area contributed by atoms with Gasteiger partial charge in [0.25, 0.3) is 5.91 Å². The maximum Gasteiger partial charge on any atom is 0.257 e. The Balaban J connectivity index is 1.39. The fourth-order valence-corrected chi connectivity index (χ4v) is 5.08. The van der Waals surface area contributed by atoms with E-state index < -0.39 is 12.2 Å². The average Bonchev–Trinajstić information content (AvgIpc) is 3.54. The van der Waals surface area contributed by atoms with E-state index >= 15 is 0 Å². The summed E-state index contributed by atoms with van der Waals surface area (Å²) in [6, 6.07) is 5.54. The summed E-state index contributed by atoms with van der Waals surface area (Å²) >= 11 is 0. The van der Waals surface area contributed by atoms with Crippen molar-refractivity contribution in [2.75, 3.05) is 32.7 Å². The molecule has 1 saturated carbocycles. The number of alkyl halides is 1. The molecule has 2 aromatic heterocycles. The SMILES string of the molecule is CNc1cc(-c2cnc3n([C@H]4CCOC[C@@H]4OC)cccc2-3)nc2c(C(=O)NC3CCC3F)cnn12. The van der Waals surface area contributed by atoms with E-state index in [1.165, 1.54) is 6.20 Å². The highest BCUT2D eigenvalue weighted by atomic mass is 19.1. The molecule has 4 atom stereocenters. The van der Waals surface area contributed by atoms with E-state index in [1.54, 1.807) is 24.9 Å².